The van der Waals surface area contributed by atoms with Crippen LogP contribution in [0.5, 0.6) is 0 Å². The van der Waals surface area contributed by atoms with Gasteiger partial charge in [0.05, 0.1) is 10.1 Å². The van der Waals surface area contributed by atoms with Crippen molar-refractivity contribution < 1.29 is 13.9 Å². The molecule has 0 aliphatic carbocycles. The van der Waals surface area contributed by atoms with E-state index in [2.05, 4.69) is 15.9 Å². The number of hydrogen-bond donors (Lipinski definition) is 1. The SMILES string of the molecule is CC(O)(Cc1ccc(F)cc1)Cc1ccc(F)c(Br)c1. The molecule has 20 heavy (non-hydrogen) atoms. The Morgan fingerprint density at radius 2 is 1.55 bits per heavy atom. The maximum absolute atomic E-state index is 13.2. The highest BCUT2D eigenvalue weighted by molar-refractivity contribution is 9.10. The van der Waals surface area contributed by atoms with Crippen molar-refractivity contribution in [2.24, 2.45) is 0 Å². The Labute approximate surface area is 125 Å². The normalized spacial score (nSPS) is 14.1. The van der Waals surface area contributed by atoms with Gasteiger partial charge in [-0.25, -0.2) is 8.78 Å². The van der Waals surface area contributed by atoms with Gasteiger partial charge in [0.15, 0.2) is 0 Å². The molecule has 1 unspecified atom stereocenters. The first-order valence-corrected chi connectivity index (χ1v) is 7.06. The minimum atomic E-state index is -0.977. The van der Waals surface area contributed by atoms with Gasteiger partial charge in [0.2, 0.25) is 0 Å². The van der Waals surface area contributed by atoms with Gasteiger partial charge in [-0.2, -0.15) is 0 Å². The summed E-state index contributed by atoms with van der Waals surface area (Å²) in [6.07, 6.45) is 0.797. The highest BCUT2D eigenvalue weighted by Gasteiger charge is 2.22. The smallest absolute Gasteiger partial charge is 0.137 e. The molecule has 0 amide bonds. The topological polar surface area (TPSA) is 20.2 Å². The number of rotatable bonds is 4. The lowest BCUT2D eigenvalue weighted by Gasteiger charge is -2.23. The van der Waals surface area contributed by atoms with Gasteiger partial charge in [0, 0.05) is 12.8 Å². The van der Waals surface area contributed by atoms with E-state index < -0.39 is 5.60 Å². The average Bonchev–Trinajstić information content (AvgIpc) is 2.36. The van der Waals surface area contributed by atoms with Crippen LogP contribution < -0.4 is 0 Å². The summed E-state index contributed by atoms with van der Waals surface area (Å²) >= 11 is 3.13. The number of hydrogen-bond acceptors (Lipinski definition) is 1. The Hall–Kier alpha value is -1.26. The standard InChI is InChI=1S/C16H15BrF2O/c1-16(20,9-11-2-5-13(18)6-3-11)10-12-4-7-15(19)14(17)8-12/h2-8,20H,9-10H2,1H3. The molecule has 0 heterocycles. The van der Waals surface area contributed by atoms with Crippen molar-refractivity contribution in [3.63, 3.8) is 0 Å². The lowest BCUT2D eigenvalue weighted by molar-refractivity contribution is 0.0608. The third kappa shape index (κ3) is 4.12. The molecule has 2 rings (SSSR count). The summed E-state index contributed by atoms with van der Waals surface area (Å²) in [5.74, 6) is -0.622. The summed E-state index contributed by atoms with van der Waals surface area (Å²) in [6, 6.07) is 10.7. The van der Waals surface area contributed by atoms with Crippen LogP contribution in [0.25, 0.3) is 0 Å². The Kier molecular flexibility index (Phi) is 4.55. The molecule has 2 aromatic rings. The predicted molar refractivity (Wildman–Crippen MR) is 78.5 cm³/mol. The van der Waals surface area contributed by atoms with Crippen LogP contribution in [0.4, 0.5) is 8.78 Å². The summed E-state index contributed by atoms with van der Waals surface area (Å²) < 4.78 is 26.4. The van der Waals surface area contributed by atoms with Gasteiger partial charge in [0.25, 0.3) is 0 Å². The zero-order chi connectivity index (χ0) is 14.8. The monoisotopic (exact) mass is 340 g/mol. The van der Waals surface area contributed by atoms with E-state index in [0.717, 1.165) is 11.1 Å². The molecule has 0 aromatic heterocycles. The third-order valence-electron chi connectivity index (χ3n) is 3.07. The first-order valence-electron chi connectivity index (χ1n) is 6.26. The van der Waals surface area contributed by atoms with Crippen molar-refractivity contribution in [2.75, 3.05) is 0 Å². The minimum absolute atomic E-state index is 0.296. The molecule has 0 bridgehead atoms. The van der Waals surface area contributed by atoms with Crippen molar-refractivity contribution >= 4 is 15.9 Å². The predicted octanol–water partition coefficient (Wildman–Crippen LogP) is 4.26. The molecule has 1 N–H and O–H groups in total. The fourth-order valence-electron chi connectivity index (χ4n) is 2.19. The second-order valence-electron chi connectivity index (χ2n) is 5.23. The molecule has 0 spiro atoms. The van der Waals surface area contributed by atoms with Crippen molar-refractivity contribution in [3.8, 4) is 0 Å². The highest BCUT2D eigenvalue weighted by Crippen LogP contribution is 2.23. The Bertz CT molecular complexity index is 594. The van der Waals surface area contributed by atoms with Crippen LogP contribution in [0.3, 0.4) is 0 Å². The summed E-state index contributed by atoms with van der Waals surface area (Å²) in [4.78, 5) is 0. The maximum Gasteiger partial charge on any atom is 0.137 e. The van der Waals surface area contributed by atoms with E-state index >= 15 is 0 Å². The Balaban J connectivity index is 2.09. The molecule has 106 valence electrons. The molecular weight excluding hydrogens is 326 g/mol. The minimum Gasteiger partial charge on any atom is -0.389 e. The van der Waals surface area contributed by atoms with Crippen LogP contribution in [-0.2, 0) is 12.8 Å². The van der Waals surface area contributed by atoms with E-state index in [4.69, 9.17) is 0 Å². The van der Waals surface area contributed by atoms with Gasteiger partial charge >= 0.3 is 0 Å². The summed E-state index contributed by atoms with van der Waals surface area (Å²) in [7, 11) is 0. The van der Waals surface area contributed by atoms with E-state index in [1.54, 1.807) is 31.2 Å². The zero-order valence-electron chi connectivity index (χ0n) is 11.0. The molecule has 0 aliphatic rings. The third-order valence-corrected chi connectivity index (χ3v) is 3.67. The van der Waals surface area contributed by atoms with Crippen LogP contribution in [0, 0.1) is 11.6 Å². The van der Waals surface area contributed by atoms with E-state index in [0.29, 0.717) is 17.3 Å². The van der Waals surface area contributed by atoms with Gasteiger partial charge in [0.1, 0.15) is 11.6 Å². The summed E-state index contributed by atoms with van der Waals surface area (Å²) in [5, 5.41) is 10.4. The van der Waals surface area contributed by atoms with Crippen LogP contribution >= 0.6 is 15.9 Å². The average molecular weight is 341 g/mol. The Morgan fingerprint density at radius 1 is 1.00 bits per heavy atom. The summed E-state index contributed by atoms with van der Waals surface area (Å²) in [6.45, 7) is 1.72. The fourth-order valence-corrected chi connectivity index (χ4v) is 2.62. The summed E-state index contributed by atoms with van der Waals surface area (Å²) in [5.41, 5.74) is 0.720. The van der Waals surface area contributed by atoms with Crippen molar-refractivity contribution in [1.29, 1.82) is 0 Å². The van der Waals surface area contributed by atoms with Gasteiger partial charge < -0.3 is 5.11 Å². The van der Waals surface area contributed by atoms with Crippen LogP contribution in [0.2, 0.25) is 0 Å². The molecule has 0 aliphatic heterocycles. The van der Waals surface area contributed by atoms with Gasteiger partial charge in [-0.15, -0.1) is 0 Å². The second-order valence-corrected chi connectivity index (χ2v) is 6.08. The zero-order valence-corrected chi connectivity index (χ0v) is 12.6. The number of halogens is 3. The molecule has 0 fully saturated rings. The molecule has 0 radical (unpaired) electrons. The molecule has 2 aromatic carbocycles. The molecule has 1 atom stereocenters. The maximum atomic E-state index is 13.2. The van der Waals surface area contributed by atoms with E-state index in [1.165, 1.54) is 18.2 Å². The van der Waals surface area contributed by atoms with Gasteiger partial charge in [-0.3, -0.25) is 0 Å². The fraction of sp³-hybridized carbons (Fsp3) is 0.250. The van der Waals surface area contributed by atoms with Gasteiger partial charge in [-0.05, 0) is 58.2 Å². The Morgan fingerprint density at radius 3 is 2.15 bits per heavy atom. The first-order chi connectivity index (χ1) is 9.35. The van der Waals surface area contributed by atoms with Crippen LogP contribution in [-0.4, -0.2) is 10.7 Å². The molecule has 0 saturated heterocycles. The van der Waals surface area contributed by atoms with E-state index in [9.17, 15) is 13.9 Å². The van der Waals surface area contributed by atoms with E-state index in [-0.39, 0.29) is 11.6 Å². The molecular formula is C16H15BrF2O. The first kappa shape index (κ1) is 15.1. The second kappa shape index (κ2) is 6.02. The molecule has 1 nitrogen and oxygen atoms in total. The van der Waals surface area contributed by atoms with Crippen LogP contribution in [0.15, 0.2) is 46.9 Å². The highest BCUT2D eigenvalue weighted by atomic mass is 79.9. The number of aliphatic hydroxyl groups is 1. The molecule has 0 saturated carbocycles. The van der Waals surface area contributed by atoms with E-state index in [1.807, 2.05) is 0 Å². The van der Waals surface area contributed by atoms with Crippen molar-refractivity contribution in [1.82, 2.24) is 0 Å². The lowest BCUT2D eigenvalue weighted by Crippen LogP contribution is -2.30. The number of benzene rings is 2. The van der Waals surface area contributed by atoms with Crippen molar-refractivity contribution in [3.05, 3.63) is 69.7 Å². The van der Waals surface area contributed by atoms with Crippen LogP contribution in [0.1, 0.15) is 18.1 Å². The largest absolute Gasteiger partial charge is 0.389 e. The molecule has 4 heteroatoms. The lowest BCUT2D eigenvalue weighted by atomic mass is 9.90. The quantitative estimate of drug-likeness (QED) is 0.881. The van der Waals surface area contributed by atoms with Crippen molar-refractivity contribution in [2.45, 2.75) is 25.4 Å². The van der Waals surface area contributed by atoms with Gasteiger partial charge in [-0.1, -0.05) is 18.2 Å².